The first-order valence-electron chi connectivity index (χ1n) is 28.0. The summed E-state index contributed by atoms with van der Waals surface area (Å²) in [7, 11) is -5.08. The van der Waals surface area contributed by atoms with Crippen LogP contribution in [0.15, 0.2) is 97.2 Å². The molecular weight excluding hydrogens is 933 g/mol. The summed E-state index contributed by atoms with van der Waals surface area (Å²) in [4.78, 5) is 12.9. The maximum Gasteiger partial charge on any atom is 0.397 e. The van der Waals surface area contributed by atoms with E-state index in [1.807, 2.05) is 0 Å². The van der Waals surface area contributed by atoms with Gasteiger partial charge in [0.1, 0.15) is 30.5 Å². The van der Waals surface area contributed by atoms with E-state index in [1.165, 1.54) is 96.3 Å². The molecule has 6 unspecified atom stereocenters. The molecule has 0 aromatic heterocycles. The van der Waals surface area contributed by atoms with Crippen molar-refractivity contribution in [1.29, 1.82) is 0 Å². The van der Waals surface area contributed by atoms with Gasteiger partial charge < -0.3 is 34.3 Å². The van der Waals surface area contributed by atoms with Crippen molar-refractivity contribution >= 4 is 16.4 Å². The van der Waals surface area contributed by atoms with Gasteiger partial charge in [-0.1, -0.05) is 201 Å². The zero-order chi connectivity index (χ0) is 52.4. The first-order chi connectivity index (χ1) is 35.1. The van der Waals surface area contributed by atoms with Crippen LogP contribution < -0.4 is 0 Å². The summed E-state index contributed by atoms with van der Waals surface area (Å²) in [5, 5.41) is 30.8. The van der Waals surface area contributed by atoms with Gasteiger partial charge >= 0.3 is 16.4 Å². The lowest BCUT2D eigenvalue weighted by atomic mass is 9.99. The number of hydrogen-bond acceptors (Lipinski definition) is 11. The predicted molar refractivity (Wildman–Crippen MR) is 294 cm³/mol. The maximum atomic E-state index is 12.9. The molecule has 4 N–H and O–H groups in total. The van der Waals surface area contributed by atoms with Gasteiger partial charge in [-0.05, 0) is 96.3 Å². The van der Waals surface area contributed by atoms with Gasteiger partial charge in [0.2, 0.25) is 0 Å². The third kappa shape index (κ3) is 41.4. The highest BCUT2D eigenvalue weighted by molar-refractivity contribution is 7.80. The fourth-order valence-corrected chi connectivity index (χ4v) is 8.51. The van der Waals surface area contributed by atoms with Gasteiger partial charge in [-0.25, -0.2) is 4.18 Å². The first-order valence-corrected chi connectivity index (χ1v) is 29.4. The molecule has 0 radical (unpaired) electrons. The zero-order valence-electron chi connectivity index (χ0n) is 44.7. The highest BCUT2D eigenvalue weighted by Crippen LogP contribution is 2.26. The lowest BCUT2D eigenvalue weighted by Crippen LogP contribution is -2.60. The Bertz CT molecular complexity index is 1620. The summed E-state index contributed by atoms with van der Waals surface area (Å²) >= 11 is 0. The number of allylic oxidation sites excluding steroid dienone is 16. The molecule has 12 nitrogen and oxygen atoms in total. The second-order valence-corrected chi connectivity index (χ2v) is 19.8. The van der Waals surface area contributed by atoms with E-state index in [2.05, 4.69) is 115 Å². The van der Waals surface area contributed by atoms with Gasteiger partial charge in [0, 0.05) is 13.0 Å². The van der Waals surface area contributed by atoms with E-state index >= 15 is 0 Å². The topological polar surface area (TPSA) is 178 Å². The van der Waals surface area contributed by atoms with Crippen LogP contribution in [0.5, 0.6) is 0 Å². The zero-order valence-corrected chi connectivity index (χ0v) is 45.5. The van der Waals surface area contributed by atoms with Gasteiger partial charge in [-0.3, -0.25) is 9.35 Å². The average Bonchev–Trinajstić information content (AvgIpc) is 3.36. The molecule has 6 atom stereocenters. The molecule has 0 spiro atoms. The number of esters is 1. The highest BCUT2D eigenvalue weighted by Gasteiger charge is 2.48. The van der Waals surface area contributed by atoms with E-state index < -0.39 is 59.8 Å². The number of aliphatic hydroxyl groups is 3. The van der Waals surface area contributed by atoms with Crippen molar-refractivity contribution in [2.45, 2.75) is 243 Å². The molecule has 1 aliphatic rings. The van der Waals surface area contributed by atoms with E-state index in [9.17, 15) is 33.1 Å². The predicted octanol–water partition coefficient (Wildman–Crippen LogP) is 13.8. The molecule has 1 heterocycles. The quantitative estimate of drug-likeness (QED) is 0.0196. The van der Waals surface area contributed by atoms with E-state index in [0.29, 0.717) is 13.0 Å². The van der Waals surface area contributed by atoms with Crippen molar-refractivity contribution in [3.05, 3.63) is 97.2 Å². The van der Waals surface area contributed by atoms with Crippen LogP contribution in [0.1, 0.15) is 206 Å². The van der Waals surface area contributed by atoms with Gasteiger partial charge in [0.25, 0.3) is 0 Å². The molecule has 1 rings (SSSR count). The Morgan fingerprint density at radius 3 is 1.42 bits per heavy atom. The smallest absolute Gasteiger partial charge is 0.397 e. The molecule has 0 aromatic carbocycles. The summed E-state index contributed by atoms with van der Waals surface area (Å²) in [5.74, 6) is -0.419. The van der Waals surface area contributed by atoms with Crippen LogP contribution in [-0.2, 0) is 38.3 Å². The van der Waals surface area contributed by atoms with Crippen LogP contribution in [0.25, 0.3) is 0 Å². The Hall–Kier alpha value is -2.98. The fourth-order valence-electron chi connectivity index (χ4n) is 8.00. The highest BCUT2D eigenvalue weighted by atomic mass is 32.3. The second-order valence-electron chi connectivity index (χ2n) is 18.8. The largest absolute Gasteiger partial charge is 0.457 e. The molecule has 414 valence electrons. The number of carbonyl (C=O) groups is 1. The van der Waals surface area contributed by atoms with Gasteiger partial charge in [-0.15, -0.1) is 0 Å². The Balaban J connectivity index is 2.38. The lowest BCUT2D eigenvalue weighted by molar-refractivity contribution is -0.301. The lowest BCUT2D eigenvalue weighted by Gasteiger charge is -2.41. The maximum absolute atomic E-state index is 12.9. The molecule has 1 saturated heterocycles. The average molecular weight is 1030 g/mol. The third-order valence-corrected chi connectivity index (χ3v) is 12.7. The van der Waals surface area contributed by atoms with Crippen molar-refractivity contribution in [3.63, 3.8) is 0 Å². The van der Waals surface area contributed by atoms with Crippen LogP contribution in [-0.4, -0.2) is 97.5 Å². The van der Waals surface area contributed by atoms with E-state index in [4.69, 9.17) is 18.9 Å². The molecule has 1 fully saturated rings. The summed E-state index contributed by atoms with van der Waals surface area (Å²) in [6, 6.07) is 0. The Kier molecular flexibility index (Phi) is 45.6. The minimum atomic E-state index is -5.08. The van der Waals surface area contributed by atoms with Crippen LogP contribution in [0.4, 0.5) is 0 Å². The number of aliphatic hydroxyl groups excluding tert-OH is 3. The van der Waals surface area contributed by atoms with Crippen molar-refractivity contribution in [2.75, 3.05) is 26.4 Å². The van der Waals surface area contributed by atoms with Gasteiger partial charge in [0.05, 0.1) is 19.8 Å². The number of ether oxygens (including phenoxy) is 4. The van der Waals surface area contributed by atoms with Crippen molar-refractivity contribution in [3.8, 4) is 0 Å². The Morgan fingerprint density at radius 1 is 0.542 bits per heavy atom. The Morgan fingerprint density at radius 2 is 0.958 bits per heavy atom. The molecule has 0 aromatic rings. The van der Waals surface area contributed by atoms with Gasteiger partial charge in [-0.2, -0.15) is 8.42 Å². The van der Waals surface area contributed by atoms with Crippen molar-refractivity contribution < 1.29 is 56.2 Å². The summed E-state index contributed by atoms with van der Waals surface area (Å²) < 4.78 is 59.3. The fraction of sp³-hybridized carbons (Fsp3) is 0.712. The SMILES string of the molecule is CC/C=C\C/C=C\C/C=C\C/C=C\C/C=C\C/C=C\C/C=C\CCCCOCC(COC1OC(CO)C(O)C(OS(=O)(=O)O)C1O)OC(=O)CCCCCCCCCCC/C=C\CCCCCCCCCC. The van der Waals surface area contributed by atoms with Gasteiger partial charge in [0.15, 0.2) is 6.29 Å². The summed E-state index contributed by atoms with van der Waals surface area (Å²) in [6.07, 6.45) is 58.7. The van der Waals surface area contributed by atoms with Crippen LogP contribution >= 0.6 is 0 Å². The van der Waals surface area contributed by atoms with E-state index in [-0.39, 0.29) is 19.6 Å². The molecule has 13 heteroatoms. The monoisotopic (exact) mass is 1030 g/mol. The number of hydrogen-bond donors (Lipinski definition) is 4. The van der Waals surface area contributed by atoms with Crippen LogP contribution in [0.3, 0.4) is 0 Å². The standard InChI is InChI=1S/C59H100O12S/c1-3-5-7-9-11-13-15-17-19-21-23-25-26-27-29-31-33-35-37-39-41-43-45-47-49-67-51-53(52-68-59-57(63)58(71-72(64,65)66)56(62)54(50-60)70-59)69-55(61)48-46-44-42-40-38-36-34-32-30-28-24-22-20-18-16-14-12-10-8-6-4-2/h5,7,11,13,17,19,22-25,27,29,33,35,39,41,53-54,56-60,62-63H,3-4,6,8-10,12,14-16,18,20-21,26,28,30-32,34,36-38,40,42-52H2,1-2H3,(H,64,65,66)/b7-5-,13-11-,19-17-,24-22-,25-23-,29-27-,35-33-,41-39-. The van der Waals surface area contributed by atoms with E-state index in [1.54, 1.807) is 0 Å². The second kappa shape index (κ2) is 48.9. The molecule has 0 bridgehead atoms. The number of rotatable bonds is 48. The molecular formula is C59H100O12S. The number of unbranched alkanes of at least 4 members (excludes halogenated alkanes) is 19. The molecule has 1 aliphatic heterocycles. The van der Waals surface area contributed by atoms with Crippen LogP contribution in [0, 0.1) is 0 Å². The minimum Gasteiger partial charge on any atom is -0.457 e. The molecule has 72 heavy (non-hydrogen) atoms. The molecule has 0 amide bonds. The first kappa shape index (κ1) is 67.0. The summed E-state index contributed by atoms with van der Waals surface area (Å²) in [5.41, 5.74) is 0. The minimum absolute atomic E-state index is 0.000322. The summed E-state index contributed by atoms with van der Waals surface area (Å²) in [6.45, 7) is 3.77. The normalized spacial score (nSPS) is 19.7. The van der Waals surface area contributed by atoms with E-state index in [0.717, 1.165) is 83.5 Å². The molecule has 0 aliphatic carbocycles. The van der Waals surface area contributed by atoms with Crippen molar-refractivity contribution in [2.24, 2.45) is 0 Å². The number of carbonyl (C=O) groups excluding carboxylic acids is 1. The van der Waals surface area contributed by atoms with Crippen molar-refractivity contribution in [1.82, 2.24) is 0 Å². The van der Waals surface area contributed by atoms with Crippen LogP contribution in [0.2, 0.25) is 0 Å². The Labute approximate surface area is 437 Å². The molecule has 0 saturated carbocycles. The third-order valence-electron chi connectivity index (χ3n) is 12.2.